The molecule has 9 heteroatoms. The summed E-state index contributed by atoms with van der Waals surface area (Å²) in [7, 11) is 0. The molecule has 1 aromatic rings. The van der Waals surface area contributed by atoms with E-state index in [9.17, 15) is 29.1 Å². The van der Waals surface area contributed by atoms with Crippen LogP contribution in [0.4, 0.5) is 0 Å². The first-order chi connectivity index (χ1) is 18.2. The van der Waals surface area contributed by atoms with Gasteiger partial charge in [0, 0.05) is 41.2 Å². The Bertz CT molecular complexity index is 1340. The second kappa shape index (κ2) is 10.1. The number of hydrogen-bond donors (Lipinski definition) is 2. The second-order valence-electron chi connectivity index (χ2n) is 10.2. The Balaban J connectivity index is 1.59. The lowest BCUT2D eigenvalue weighted by molar-refractivity contribution is -0.142. The summed E-state index contributed by atoms with van der Waals surface area (Å²) < 4.78 is 5.80. The van der Waals surface area contributed by atoms with Crippen LogP contribution in [-0.2, 0) is 24.0 Å². The van der Waals surface area contributed by atoms with Gasteiger partial charge in [0.15, 0.2) is 11.6 Å². The lowest BCUT2D eigenvalue weighted by Crippen LogP contribution is -2.40. The van der Waals surface area contributed by atoms with Gasteiger partial charge in [-0.15, -0.1) is 0 Å². The minimum atomic E-state index is -0.994. The molecule has 0 spiro atoms. The van der Waals surface area contributed by atoms with Crippen molar-refractivity contribution in [3.05, 3.63) is 64.3 Å². The van der Waals surface area contributed by atoms with E-state index < -0.39 is 29.6 Å². The third-order valence-electron chi connectivity index (χ3n) is 8.00. The van der Waals surface area contributed by atoms with Crippen molar-refractivity contribution in [2.45, 2.75) is 38.5 Å². The highest BCUT2D eigenvalue weighted by molar-refractivity contribution is 6.23. The summed E-state index contributed by atoms with van der Waals surface area (Å²) in [6.07, 6.45) is 3.79. The minimum absolute atomic E-state index is 0.0352. The van der Waals surface area contributed by atoms with Gasteiger partial charge in [-0.2, -0.15) is 0 Å². The third kappa shape index (κ3) is 4.20. The number of Topliss-reactive ketones (excluding diaryl/α,β-unsaturated/α-hetero) is 1. The highest BCUT2D eigenvalue weighted by atomic mass is 16.5. The van der Waals surface area contributed by atoms with Crippen LogP contribution in [0.5, 0.6) is 5.75 Å². The van der Waals surface area contributed by atoms with Gasteiger partial charge in [-0.3, -0.25) is 28.9 Å². The van der Waals surface area contributed by atoms with Crippen LogP contribution in [0.3, 0.4) is 0 Å². The molecule has 0 aromatic heterocycles. The van der Waals surface area contributed by atoms with Crippen molar-refractivity contribution >= 4 is 29.4 Å². The lowest BCUT2D eigenvalue weighted by Gasteiger charge is -2.42. The van der Waals surface area contributed by atoms with Crippen molar-refractivity contribution in [2.24, 2.45) is 17.8 Å². The van der Waals surface area contributed by atoms with Gasteiger partial charge in [0.25, 0.3) is 0 Å². The van der Waals surface area contributed by atoms with Crippen molar-refractivity contribution < 1.29 is 38.9 Å². The molecule has 4 atom stereocenters. The van der Waals surface area contributed by atoms with Crippen LogP contribution >= 0.6 is 0 Å². The predicted octanol–water partition coefficient (Wildman–Crippen LogP) is 2.35. The number of imide groups is 1. The zero-order chi connectivity index (χ0) is 27.1. The fourth-order valence-corrected chi connectivity index (χ4v) is 6.42. The summed E-state index contributed by atoms with van der Waals surface area (Å²) in [5, 5.41) is 18.3. The van der Waals surface area contributed by atoms with Crippen LogP contribution in [0.25, 0.3) is 0 Å². The number of ether oxygens (including phenoxy) is 1. The van der Waals surface area contributed by atoms with Gasteiger partial charge in [-0.25, -0.2) is 0 Å². The predicted molar refractivity (Wildman–Crippen MR) is 134 cm³/mol. The number of aliphatic carboxylic acids is 1. The molecule has 1 saturated heterocycles. The Morgan fingerprint density at radius 3 is 2.61 bits per heavy atom. The summed E-state index contributed by atoms with van der Waals surface area (Å²) in [6.45, 7) is 1.48. The van der Waals surface area contributed by atoms with Crippen LogP contribution in [0.15, 0.2) is 58.7 Å². The van der Waals surface area contributed by atoms with E-state index in [0.29, 0.717) is 34.5 Å². The molecule has 4 unspecified atom stereocenters. The van der Waals surface area contributed by atoms with Crippen LogP contribution in [0.1, 0.15) is 44.1 Å². The Labute approximate surface area is 219 Å². The number of rotatable bonds is 8. The normalized spacial score (nSPS) is 26.5. The van der Waals surface area contributed by atoms with Crippen LogP contribution in [0.2, 0.25) is 0 Å². The summed E-state index contributed by atoms with van der Waals surface area (Å²) in [6, 6.07) is 7.15. The van der Waals surface area contributed by atoms with E-state index in [1.54, 1.807) is 19.1 Å². The van der Waals surface area contributed by atoms with Gasteiger partial charge in [0.1, 0.15) is 12.4 Å². The summed E-state index contributed by atoms with van der Waals surface area (Å²) in [4.78, 5) is 65.7. The minimum Gasteiger partial charge on any atom is -0.491 e. The average molecular weight is 520 g/mol. The topological polar surface area (TPSA) is 138 Å². The van der Waals surface area contributed by atoms with Crippen molar-refractivity contribution in [1.29, 1.82) is 0 Å². The van der Waals surface area contributed by atoms with Gasteiger partial charge >= 0.3 is 5.97 Å². The van der Waals surface area contributed by atoms with E-state index in [1.807, 2.05) is 18.2 Å². The number of carboxylic acid groups (broad SMARTS) is 1. The Kier molecular flexibility index (Phi) is 6.88. The maximum absolute atomic E-state index is 13.6. The molecule has 2 amide bonds. The summed E-state index contributed by atoms with van der Waals surface area (Å²) in [5.74, 6) is -4.07. The standard InChI is InChI=1S/C29H29NO8/c1-15-13-21(32)26-20(27(15)35)14-19-16(24(26)17-5-2-3-6-22(17)38-12-11-31)8-9-18-25(19)29(37)30(28(18)36)10-4-7-23(33)34/h2-3,5-6,8,13,18-19,24-25,31H,4,7,9-12,14H2,1H3,(H,33,34). The molecule has 3 aliphatic carbocycles. The van der Waals surface area contributed by atoms with E-state index in [4.69, 9.17) is 9.84 Å². The average Bonchev–Trinajstić information content (AvgIpc) is 3.14. The first-order valence-corrected chi connectivity index (χ1v) is 12.8. The van der Waals surface area contributed by atoms with Gasteiger partial charge in [0.05, 0.1) is 18.4 Å². The van der Waals surface area contributed by atoms with Crippen molar-refractivity contribution in [3.63, 3.8) is 0 Å². The number of fused-ring (bicyclic) bond motifs is 3. The monoisotopic (exact) mass is 519 g/mol. The van der Waals surface area contributed by atoms with Crippen molar-refractivity contribution in [1.82, 2.24) is 4.90 Å². The highest BCUT2D eigenvalue weighted by Crippen LogP contribution is 2.56. The molecule has 0 saturated carbocycles. The van der Waals surface area contributed by atoms with E-state index >= 15 is 0 Å². The van der Waals surface area contributed by atoms with Crippen LogP contribution < -0.4 is 4.74 Å². The zero-order valence-electron chi connectivity index (χ0n) is 21.0. The molecule has 0 bridgehead atoms. The molecular weight excluding hydrogens is 490 g/mol. The Morgan fingerprint density at radius 2 is 1.87 bits per heavy atom. The van der Waals surface area contributed by atoms with Crippen LogP contribution in [-0.4, -0.2) is 64.2 Å². The maximum Gasteiger partial charge on any atom is 0.303 e. The Morgan fingerprint density at radius 1 is 1.11 bits per heavy atom. The van der Waals surface area contributed by atoms with Gasteiger partial charge in [-0.1, -0.05) is 29.8 Å². The van der Waals surface area contributed by atoms with Crippen LogP contribution in [0, 0.1) is 17.8 Å². The number of amides is 2. The molecule has 0 radical (unpaired) electrons. The summed E-state index contributed by atoms with van der Waals surface area (Å²) >= 11 is 0. The molecule has 5 rings (SSSR count). The number of benzene rings is 1. The highest BCUT2D eigenvalue weighted by Gasteiger charge is 2.56. The fraction of sp³-hybridized carbons (Fsp3) is 0.414. The van der Waals surface area contributed by atoms with Gasteiger partial charge in [-0.05, 0) is 44.2 Å². The van der Waals surface area contributed by atoms with Crippen molar-refractivity contribution in [2.75, 3.05) is 19.8 Å². The number of hydrogen-bond acceptors (Lipinski definition) is 7. The SMILES string of the molecule is CC1=CC(=O)C2=C(CC3C(=CCC4C(=O)N(CCCC(=O)O)C(=O)C43)C2c2ccccc2OCCO)C1=O. The zero-order valence-corrected chi connectivity index (χ0v) is 21.0. The maximum atomic E-state index is 13.6. The number of allylic oxidation sites excluding steroid dienone is 6. The third-order valence-corrected chi connectivity index (χ3v) is 8.00. The fourth-order valence-electron chi connectivity index (χ4n) is 6.42. The molecule has 1 fully saturated rings. The number of carboxylic acids is 1. The number of para-hydroxylation sites is 1. The first kappa shape index (κ1) is 25.8. The molecule has 4 aliphatic rings. The smallest absolute Gasteiger partial charge is 0.303 e. The number of carbonyl (C=O) groups is 5. The molecule has 1 heterocycles. The number of nitrogens with zero attached hydrogens (tertiary/aromatic N) is 1. The largest absolute Gasteiger partial charge is 0.491 e. The number of likely N-dealkylation sites (tertiary alicyclic amines) is 1. The van der Waals surface area contributed by atoms with E-state index in [1.165, 1.54) is 11.0 Å². The molecule has 1 aromatic carbocycles. The number of aliphatic hydroxyl groups is 1. The first-order valence-electron chi connectivity index (χ1n) is 12.8. The Hall–Kier alpha value is -3.85. The second-order valence-corrected chi connectivity index (χ2v) is 10.2. The molecule has 198 valence electrons. The molecular formula is C29H29NO8. The molecule has 1 aliphatic heterocycles. The van der Waals surface area contributed by atoms with E-state index in [0.717, 1.165) is 5.57 Å². The molecule has 9 nitrogen and oxygen atoms in total. The molecule has 38 heavy (non-hydrogen) atoms. The van der Waals surface area contributed by atoms with E-state index in [2.05, 4.69) is 0 Å². The lowest BCUT2D eigenvalue weighted by atomic mass is 9.59. The van der Waals surface area contributed by atoms with Gasteiger partial charge < -0.3 is 14.9 Å². The number of carbonyl (C=O) groups excluding carboxylic acids is 4. The number of aliphatic hydroxyl groups excluding tert-OH is 1. The number of ketones is 2. The van der Waals surface area contributed by atoms with Crippen molar-refractivity contribution in [3.8, 4) is 5.75 Å². The summed E-state index contributed by atoms with van der Waals surface area (Å²) in [5.41, 5.74) is 2.54. The van der Waals surface area contributed by atoms with Gasteiger partial charge in [0.2, 0.25) is 11.8 Å². The van der Waals surface area contributed by atoms with E-state index in [-0.39, 0.29) is 62.4 Å². The quantitative estimate of drug-likeness (QED) is 0.303. The molecule has 2 N–H and O–H groups in total.